The first-order valence-corrected chi connectivity index (χ1v) is 6.43. The van der Waals surface area contributed by atoms with E-state index >= 15 is 0 Å². The molecule has 94 valence electrons. The van der Waals surface area contributed by atoms with Crippen molar-refractivity contribution < 1.29 is 0 Å². The van der Waals surface area contributed by atoms with Crippen molar-refractivity contribution in [2.24, 2.45) is 0 Å². The molecule has 0 atom stereocenters. The van der Waals surface area contributed by atoms with Gasteiger partial charge in [0.2, 0.25) is 0 Å². The Bertz CT molecular complexity index is 455. The molecule has 3 rings (SSSR count). The Hall–Kier alpha value is -1.64. The Balaban J connectivity index is 1.63. The van der Waals surface area contributed by atoms with Crippen LogP contribution >= 0.6 is 0 Å². The number of nitrogens with one attached hydrogen (secondary N) is 1. The minimum atomic E-state index is 0.626. The van der Waals surface area contributed by atoms with Crippen LogP contribution in [0.4, 0.5) is 5.82 Å². The highest BCUT2D eigenvalue weighted by atomic mass is 15.3. The maximum absolute atomic E-state index is 9.07. The first kappa shape index (κ1) is 11.5. The van der Waals surface area contributed by atoms with Crippen LogP contribution in [0.15, 0.2) is 18.3 Å². The van der Waals surface area contributed by atoms with Gasteiger partial charge < -0.3 is 10.2 Å². The van der Waals surface area contributed by atoms with E-state index in [-0.39, 0.29) is 0 Å². The van der Waals surface area contributed by atoms with Gasteiger partial charge >= 0.3 is 0 Å². The summed E-state index contributed by atoms with van der Waals surface area (Å²) in [5.74, 6) is 0.839. The molecule has 2 aliphatic heterocycles. The van der Waals surface area contributed by atoms with Gasteiger partial charge in [-0.1, -0.05) is 0 Å². The average Bonchev–Trinajstić information content (AvgIpc) is 2.39. The molecule has 1 N–H and O–H groups in total. The van der Waals surface area contributed by atoms with Crippen molar-refractivity contribution in [2.75, 3.05) is 44.2 Å². The lowest BCUT2D eigenvalue weighted by Crippen LogP contribution is -2.63. The van der Waals surface area contributed by atoms with Gasteiger partial charge in [0.15, 0.2) is 0 Å². The summed E-state index contributed by atoms with van der Waals surface area (Å²) in [6.45, 7) is 6.42. The van der Waals surface area contributed by atoms with E-state index in [1.807, 2.05) is 12.1 Å². The number of pyridine rings is 1. The highest BCUT2D eigenvalue weighted by molar-refractivity contribution is 5.55. The quantitative estimate of drug-likeness (QED) is 0.795. The lowest BCUT2D eigenvalue weighted by atomic mass is 10.1. The highest BCUT2D eigenvalue weighted by Crippen LogP contribution is 2.24. The molecule has 0 bridgehead atoms. The van der Waals surface area contributed by atoms with Gasteiger partial charge in [0.25, 0.3) is 0 Å². The predicted octanol–water partition coefficient (Wildman–Crippen LogP) is 0.0471. The summed E-state index contributed by atoms with van der Waals surface area (Å²) in [5, 5.41) is 12.4. The van der Waals surface area contributed by atoms with Gasteiger partial charge in [0.05, 0.1) is 5.56 Å². The maximum atomic E-state index is 9.07. The minimum Gasteiger partial charge on any atom is -0.352 e. The van der Waals surface area contributed by atoms with Crippen LogP contribution in [0, 0.1) is 11.3 Å². The SMILES string of the molecule is N#Cc1cccnc1N1CC(N2CCNCC2)C1. The van der Waals surface area contributed by atoms with Gasteiger partial charge in [-0.05, 0) is 12.1 Å². The molecule has 1 aromatic rings. The van der Waals surface area contributed by atoms with Crippen molar-refractivity contribution in [1.82, 2.24) is 15.2 Å². The van der Waals surface area contributed by atoms with Crippen LogP contribution < -0.4 is 10.2 Å². The van der Waals surface area contributed by atoms with Crippen LogP contribution in [0.2, 0.25) is 0 Å². The van der Waals surface area contributed by atoms with Crippen molar-refractivity contribution in [2.45, 2.75) is 6.04 Å². The van der Waals surface area contributed by atoms with E-state index in [9.17, 15) is 0 Å². The molecule has 0 aromatic carbocycles. The third kappa shape index (κ3) is 2.05. The summed E-state index contributed by atoms with van der Waals surface area (Å²) in [7, 11) is 0. The second-order valence-corrected chi connectivity index (χ2v) is 4.83. The monoisotopic (exact) mass is 243 g/mol. The van der Waals surface area contributed by atoms with Gasteiger partial charge in [-0.3, -0.25) is 4.90 Å². The van der Waals surface area contributed by atoms with E-state index in [4.69, 9.17) is 5.26 Å². The van der Waals surface area contributed by atoms with Gasteiger partial charge in [-0.25, -0.2) is 4.98 Å². The zero-order valence-electron chi connectivity index (χ0n) is 10.3. The van der Waals surface area contributed by atoms with Crippen LogP contribution in [-0.2, 0) is 0 Å². The molecule has 0 aliphatic carbocycles. The topological polar surface area (TPSA) is 55.2 Å². The molecule has 0 amide bonds. The summed E-state index contributed by atoms with van der Waals surface area (Å²) in [6, 6.07) is 6.49. The highest BCUT2D eigenvalue weighted by Gasteiger charge is 2.33. The van der Waals surface area contributed by atoms with Crippen molar-refractivity contribution in [3.05, 3.63) is 23.9 Å². The van der Waals surface area contributed by atoms with E-state index in [0.717, 1.165) is 45.1 Å². The van der Waals surface area contributed by atoms with Gasteiger partial charge in [-0.2, -0.15) is 5.26 Å². The second kappa shape index (κ2) is 4.92. The normalized spacial score (nSPS) is 21.4. The number of nitriles is 1. The van der Waals surface area contributed by atoms with Gasteiger partial charge in [0.1, 0.15) is 11.9 Å². The standard InChI is InChI=1S/C13H17N5/c14-8-11-2-1-3-16-13(11)18-9-12(10-18)17-6-4-15-5-7-17/h1-3,12,15H,4-7,9-10H2. The van der Waals surface area contributed by atoms with E-state index in [0.29, 0.717) is 11.6 Å². The molecular weight excluding hydrogens is 226 g/mol. The second-order valence-electron chi connectivity index (χ2n) is 4.83. The summed E-state index contributed by atoms with van der Waals surface area (Å²) < 4.78 is 0. The van der Waals surface area contributed by atoms with Gasteiger partial charge in [-0.15, -0.1) is 0 Å². The molecule has 0 radical (unpaired) electrons. The Morgan fingerprint density at radius 2 is 2.11 bits per heavy atom. The Kier molecular flexibility index (Phi) is 3.13. The first-order chi connectivity index (χ1) is 8.88. The fourth-order valence-corrected chi connectivity index (χ4v) is 2.64. The zero-order valence-corrected chi connectivity index (χ0v) is 10.3. The first-order valence-electron chi connectivity index (χ1n) is 6.43. The number of nitrogens with zero attached hydrogens (tertiary/aromatic N) is 4. The van der Waals surface area contributed by atoms with Crippen LogP contribution in [0.3, 0.4) is 0 Å². The maximum Gasteiger partial charge on any atom is 0.146 e. The lowest BCUT2D eigenvalue weighted by Gasteiger charge is -2.47. The molecule has 0 spiro atoms. The Labute approximate surface area is 107 Å². The molecule has 2 saturated heterocycles. The molecule has 2 fully saturated rings. The average molecular weight is 243 g/mol. The number of piperazine rings is 1. The van der Waals surface area contributed by atoms with E-state index in [1.165, 1.54) is 0 Å². The molecule has 5 nitrogen and oxygen atoms in total. The summed E-state index contributed by atoms with van der Waals surface area (Å²) in [5.41, 5.74) is 0.677. The number of aromatic nitrogens is 1. The summed E-state index contributed by atoms with van der Waals surface area (Å²) in [6.07, 6.45) is 1.76. The third-order valence-electron chi connectivity index (χ3n) is 3.74. The van der Waals surface area contributed by atoms with E-state index in [2.05, 4.69) is 26.2 Å². The Morgan fingerprint density at radius 1 is 1.33 bits per heavy atom. The number of rotatable bonds is 2. The molecule has 2 aliphatic rings. The fraction of sp³-hybridized carbons (Fsp3) is 0.538. The smallest absolute Gasteiger partial charge is 0.146 e. The largest absolute Gasteiger partial charge is 0.352 e. The molecule has 0 unspecified atom stereocenters. The van der Waals surface area contributed by atoms with Crippen LogP contribution in [0.5, 0.6) is 0 Å². The summed E-state index contributed by atoms with van der Waals surface area (Å²) in [4.78, 5) is 9.05. The Morgan fingerprint density at radius 3 is 2.83 bits per heavy atom. The van der Waals surface area contributed by atoms with E-state index < -0.39 is 0 Å². The van der Waals surface area contributed by atoms with Gasteiger partial charge in [0, 0.05) is 51.5 Å². The molecule has 18 heavy (non-hydrogen) atoms. The summed E-state index contributed by atoms with van der Waals surface area (Å²) >= 11 is 0. The zero-order chi connectivity index (χ0) is 12.4. The number of hydrogen-bond acceptors (Lipinski definition) is 5. The van der Waals surface area contributed by atoms with Crippen molar-refractivity contribution in [3.63, 3.8) is 0 Å². The number of anilines is 1. The van der Waals surface area contributed by atoms with E-state index in [1.54, 1.807) is 6.20 Å². The van der Waals surface area contributed by atoms with Crippen molar-refractivity contribution in [3.8, 4) is 6.07 Å². The molecule has 3 heterocycles. The minimum absolute atomic E-state index is 0.626. The molecule has 0 saturated carbocycles. The van der Waals surface area contributed by atoms with Crippen molar-refractivity contribution >= 4 is 5.82 Å². The molecule has 5 heteroatoms. The van der Waals surface area contributed by atoms with Crippen LogP contribution in [-0.4, -0.2) is 55.2 Å². The molecular formula is C13H17N5. The third-order valence-corrected chi connectivity index (χ3v) is 3.74. The fourth-order valence-electron chi connectivity index (χ4n) is 2.64. The number of hydrogen-bond donors (Lipinski definition) is 1. The molecule has 1 aromatic heterocycles. The van der Waals surface area contributed by atoms with Crippen LogP contribution in [0.25, 0.3) is 0 Å². The predicted molar refractivity (Wildman–Crippen MR) is 69.4 cm³/mol. The van der Waals surface area contributed by atoms with Crippen molar-refractivity contribution in [1.29, 1.82) is 5.26 Å². The lowest BCUT2D eigenvalue weighted by molar-refractivity contribution is 0.147. The van der Waals surface area contributed by atoms with Crippen LogP contribution in [0.1, 0.15) is 5.56 Å².